The molecule has 1 aliphatic rings. The first-order valence-electron chi connectivity index (χ1n) is 6.59. The minimum absolute atomic E-state index is 0.179. The first-order valence-corrected chi connectivity index (χ1v) is 6.97. The molecule has 106 valence electrons. The molecule has 0 N–H and O–H groups in total. The predicted molar refractivity (Wildman–Crippen MR) is 74.9 cm³/mol. The van der Waals surface area contributed by atoms with Gasteiger partial charge in [-0.1, -0.05) is 0 Å². The summed E-state index contributed by atoms with van der Waals surface area (Å²) in [5.41, 5.74) is 0. The lowest BCUT2D eigenvalue weighted by Crippen LogP contribution is -2.39. The van der Waals surface area contributed by atoms with Gasteiger partial charge >= 0.3 is 6.01 Å². The van der Waals surface area contributed by atoms with Gasteiger partial charge in [-0.15, -0.1) is 0 Å². The Bertz CT molecular complexity index is 431. The van der Waals surface area contributed by atoms with E-state index in [0.717, 1.165) is 26.1 Å². The minimum Gasteiger partial charge on any atom is -0.464 e. The van der Waals surface area contributed by atoms with Gasteiger partial charge in [0.05, 0.1) is 6.61 Å². The van der Waals surface area contributed by atoms with Gasteiger partial charge in [0.2, 0.25) is 11.2 Å². The smallest absolute Gasteiger partial charge is 0.322 e. The lowest BCUT2D eigenvalue weighted by molar-refractivity contribution is 0.310. The molecule has 0 aliphatic carbocycles. The molecular formula is C12H20ClN5O. The quantitative estimate of drug-likeness (QED) is 0.838. The second-order valence-electron chi connectivity index (χ2n) is 4.78. The summed E-state index contributed by atoms with van der Waals surface area (Å²) in [4.78, 5) is 17.0. The summed E-state index contributed by atoms with van der Waals surface area (Å²) in [5.74, 6) is 0.603. The van der Waals surface area contributed by atoms with Gasteiger partial charge in [-0.05, 0) is 45.5 Å². The molecule has 1 fully saturated rings. The Labute approximate surface area is 118 Å². The van der Waals surface area contributed by atoms with Crippen molar-refractivity contribution in [2.75, 3.05) is 38.2 Å². The second kappa shape index (κ2) is 6.34. The molecule has 2 heterocycles. The molecule has 6 nitrogen and oxygen atoms in total. The van der Waals surface area contributed by atoms with Gasteiger partial charge in [-0.3, -0.25) is 0 Å². The molecule has 1 aliphatic heterocycles. The van der Waals surface area contributed by atoms with Gasteiger partial charge in [0.25, 0.3) is 0 Å². The molecule has 0 bridgehead atoms. The van der Waals surface area contributed by atoms with E-state index in [4.69, 9.17) is 16.3 Å². The predicted octanol–water partition coefficient (Wildman–Crippen LogP) is 1.45. The normalized spacial score (nSPS) is 21.3. The standard InChI is InChI=1S/C12H20ClN5O/c1-4-19-12-15-10(13)14-11(16-12)18-7-5-6-17(3)8-9(18)2/h9H,4-8H2,1-3H3. The van der Waals surface area contributed by atoms with Gasteiger partial charge in [0, 0.05) is 19.1 Å². The van der Waals surface area contributed by atoms with E-state index in [-0.39, 0.29) is 5.28 Å². The van der Waals surface area contributed by atoms with E-state index in [1.54, 1.807) is 0 Å². The highest BCUT2D eigenvalue weighted by atomic mass is 35.5. The molecule has 0 aromatic carbocycles. The van der Waals surface area contributed by atoms with Crippen LogP contribution in [0.5, 0.6) is 6.01 Å². The molecule has 1 atom stereocenters. The number of hydrogen-bond donors (Lipinski definition) is 0. The number of hydrogen-bond acceptors (Lipinski definition) is 6. The van der Waals surface area contributed by atoms with E-state index in [0.29, 0.717) is 24.6 Å². The fourth-order valence-corrected chi connectivity index (χ4v) is 2.46. The van der Waals surface area contributed by atoms with Crippen molar-refractivity contribution in [1.29, 1.82) is 0 Å². The van der Waals surface area contributed by atoms with Crippen LogP contribution in [0.15, 0.2) is 0 Å². The van der Waals surface area contributed by atoms with Crippen LogP contribution in [0.3, 0.4) is 0 Å². The van der Waals surface area contributed by atoms with Crippen LogP contribution in [0.25, 0.3) is 0 Å². The molecule has 0 saturated carbocycles. The number of nitrogens with zero attached hydrogens (tertiary/aromatic N) is 5. The SMILES string of the molecule is CCOc1nc(Cl)nc(N2CCCN(C)CC2C)n1. The monoisotopic (exact) mass is 285 g/mol. The van der Waals surface area contributed by atoms with E-state index in [2.05, 4.69) is 38.7 Å². The number of likely N-dealkylation sites (N-methyl/N-ethyl adjacent to an activating group) is 1. The molecular weight excluding hydrogens is 266 g/mol. The van der Waals surface area contributed by atoms with E-state index in [9.17, 15) is 0 Å². The Morgan fingerprint density at radius 1 is 1.32 bits per heavy atom. The van der Waals surface area contributed by atoms with Crippen molar-refractivity contribution in [3.05, 3.63) is 5.28 Å². The van der Waals surface area contributed by atoms with Crippen LogP contribution in [-0.4, -0.2) is 59.2 Å². The lowest BCUT2D eigenvalue weighted by atomic mass is 10.3. The van der Waals surface area contributed by atoms with Gasteiger partial charge < -0.3 is 14.5 Å². The van der Waals surface area contributed by atoms with Crippen LogP contribution in [0.1, 0.15) is 20.3 Å². The van der Waals surface area contributed by atoms with Crippen LogP contribution >= 0.6 is 11.6 Å². The Hall–Kier alpha value is -1.14. The third-order valence-electron chi connectivity index (χ3n) is 3.15. The first kappa shape index (κ1) is 14.3. The van der Waals surface area contributed by atoms with Crippen LogP contribution in [-0.2, 0) is 0 Å². The van der Waals surface area contributed by atoms with Crippen molar-refractivity contribution >= 4 is 17.5 Å². The highest BCUT2D eigenvalue weighted by Gasteiger charge is 2.23. The van der Waals surface area contributed by atoms with Gasteiger partial charge in [-0.2, -0.15) is 15.0 Å². The maximum atomic E-state index is 5.94. The number of anilines is 1. The van der Waals surface area contributed by atoms with Crippen LogP contribution < -0.4 is 9.64 Å². The summed E-state index contributed by atoms with van der Waals surface area (Å²) in [6.07, 6.45) is 1.08. The largest absolute Gasteiger partial charge is 0.464 e. The Balaban J connectivity index is 2.24. The molecule has 7 heteroatoms. The third kappa shape index (κ3) is 3.67. The van der Waals surface area contributed by atoms with E-state index in [1.807, 2.05) is 6.92 Å². The van der Waals surface area contributed by atoms with Crippen molar-refractivity contribution in [3.63, 3.8) is 0 Å². The molecule has 1 aromatic rings. The molecule has 0 radical (unpaired) electrons. The summed E-state index contributed by atoms with van der Waals surface area (Å²) in [6, 6.07) is 0.628. The maximum Gasteiger partial charge on any atom is 0.322 e. The Morgan fingerprint density at radius 3 is 2.84 bits per heavy atom. The molecule has 0 amide bonds. The van der Waals surface area contributed by atoms with Crippen LogP contribution in [0, 0.1) is 0 Å². The van der Waals surface area contributed by atoms with Crippen molar-refractivity contribution in [2.24, 2.45) is 0 Å². The van der Waals surface area contributed by atoms with Gasteiger partial charge in [-0.25, -0.2) is 0 Å². The maximum absolute atomic E-state index is 5.94. The van der Waals surface area contributed by atoms with Crippen LogP contribution in [0.2, 0.25) is 5.28 Å². The zero-order chi connectivity index (χ0) is 13.8. The number of aromatic nitrogens is 3. The van der Waals surface area contributed by atoms with Gasteiger partial charge in [0.1, 0.15) is 0 Å². The number of ether oxygens (including phenoxy) is 1. The average Bonchev–Trinajstić information content (AvgIpc) is 2.49. The topological polar surface area (TPSA) is 54.4 Å². The molecule has 1 saturated heterocycles. The van der Waals surface area contributed by atoms with Crippen LogP contribution in [0.4, 0.5) is 5.95 Å². The molecule has 1 unspecified atom stereocenters. The fraction of sp³-hybridized carbons (Fsp3) is 0.750. The minimum atomic E-state index is 0.179. The van der Waals surface area contributed by atoms with Gasteiger partial charge in [0.15, 0.2) is 0 Å². The average molecular weight is 286 g/mol. The first-order chi connectivity index (χ1) is 9.10. The van der Waals surface area contributed by atoms with Crippen molar-refractivity contribution in [2.45, 2.75) is 26.3 Å². The fourth-order valence-electron chi connectivity index (χ4n) is 2.31. The second-order valence-corrected chi connectivity index (χ2v) is 5.12. The number of halogens is 1. The molecule has 0 spiro atoms. The molecule has 19 heavy (non-hydrogen) atoms. The lowest BCUT2D eigenvalue weighted by Gasteiger charge is -2.27. The summed E-state index contributed by atoms with van der Waals surface area (Å²) in [6.45, 7) is 7.54. The number of rotatable bonds is 3. The molecule has 2 rings (SSSR count). The van der Waals surface area contributed by atoms with Crippen molar-refractivity contribution in [1.82, 2.24) is 19.9 Å². The summed E-state index contributed by atoms with van der Waals surface area (Å²) in [5, 5.41) is 0.179. The van der Waals surface area contributed by atoms with Crippen molar-refractivity contribution in [3.8, 4) is 6.01 Å². The van der Waals surface area contributed by atoms with E-state index < -0.39 is 0 Å². The highest BCUT2D eigenvalue weighted by Crippen LogP contribution is 2.19. The third-order valence-corrected chi connectivity index (χ3v) is 3.32. The Morgan fingerprint density at radius 2 is 2.11 bits per heavy atom. The van der Waals surface area contributed by atoms with Crippen molar-refractivity contribution < 1.29 is 4.74 Å². The zero-order valence-electron chi connectivity index (χ0n) is 11.6. The zero-order valence-corrected chi connectivity index (χ0v) is 12.4. The molecule has 1 aromatic heterocycles. The van der Waals surface area contributed by atoms with E-state index in [1.165, 1.54) is 0 Å². The highest BCUT2D eigenvalue weighted by molar-refractivity contribution is 6.28. The van der Waals surface area contributed by atoms with E-state index >= 15 is 0 Å². The summed E-state index contributed by atoms with van der Waals surface area (Å²) in [7, 11) is 2.13. The summed E-state index contributed by atoms with van der Waals surface area (Å²) >= 11 is 5.94. The Kier molecular flexibility index (Phi) is 4.76. The summed E-state index contributed by atoms with van der Waals surface area (Å²) < 4.78 is 5.32.